The largest absolute Gasteiger partial charge is 0.496 e. The van der Waals surface area contributed by atoms with Crippen molar-refractivity contribution in [2.75, 3.05) is 20.2 Å². The molecule has 0 bridgehead atoms. The zero-order valence-corrected chi connectivity index (χ0v) is 11.5. The fraction of sp³-hybridized carbons (Fsp3) is 0.462. The molecule has 1 unspecified atom stereocenters. The number of carboxylic acid groups (broad SMARTS) is 1. The van der Waals surface area contributed by atoms with Gasteiger partial charge in [0.15, 0.2) is 0 Å². The number of carboxylic acids is 1. The molecule has 0 saturated carbocycles. The third kappa shape index (κ3) is 4.15. The van der Waals surface area contributed by atoms with Gasteiger partial charge in [0, 0.05) is 24.4 Å². The third-order valence-electron chi connectivity index (χ3n) is 3.00. The van der Waals surface area contributed by atoms with Crippen LogP contribution in [0.1, 0.15) is 12.5 Å². The number of azide groups is 1. The fourth-order valence-corrected chi connectivity index (χ4v) is 1.87. The van der Waals surface area contributed by atoms with Crippen molar-refractivity contribution in [3.8, 4) is 5.75 Å². The number of hydrogen-bond acceptors (Lipinski definition) is 4. The summed E-state index contributed by atoms with van der Waals surface area (Å²) >= 11 is 0. The molecule has 0 saturated heterocycles. The molecule has 7 nitrogen and oxygen atoms in total. The van der Waals surface area contributed by atoms with E-state index in [0.717, 1.165) is 5.56 Å². The summed E-state index contributed by atoms with van der Waals surface area (Å²) in [6.07, 6.45) is 0.266. The van der Waals surface area contributed by atoms with Crippen molar-refractivity contribution in [2.24, 2.45) is 5.11 Å². The summed E-state index contributed by atoms with van der Waals surface area (Å²) in [5.41, 5.74) is 7.85. The van der Waals surface area contributed by atoms with Crippen LogP contribution in [-0.2, 0) is 11.2 Å². The van der Waals surface area contributed by atoms with Crippen LogP contribution in [0.4, 0.5) is 0 Å². The average molecular weight is 278 g/mol. The minimum absolute atomic E-state index is 0.200. The number of aliphatic carboxylic acids is 1. The highest BCUT2D eigenvalue weighted by molar-refractivity contribution is 5.78. The normalized spacial score (nSPS) is 13.1. The highest BCUT2D eigenvalue weighted by Crippen LogP contribution is 2.23. The van der Waals surface area contributed by atoms with Gasteiger partial charge in [-0.25, -0.2) is 0 Å². The molecule has 2 N–H and O–H groups in total. The number of ether oxygens (including phenoxy) is 1. The Balaban J connectivity index is 2.85. The molecular weight excluding hydrogens is 260 g/mol. The summed E-state index contributed by atoms with van der Waals surface area (Å²) in [7, 11) is 1.55. The zero-order valence-electron chi connectivity index (χ0n) is 11.5. The molecule has 0 aliphatic carbocycles. The van der Waals surface area contributed by atoms with Gasteiger partial charge in [0.05, 0.1) is 7.11 Å². The smallest absolute Gasteiger partial charge is 0.323 e. The maximum atomic E-state index is 11.5. The van der Waals surface area contributed by atoms with Crippen molar-refractivity contribution in [2.45, 2.75) is 18.9 Å². The molecule has 1 atom stereocenters. The lowest BCUT2D eigenvalue weighted by Crippen LogP contribution is -2.52. The lowest BCUT2D eigenvalue weighted by atomic mass is 9.92. The van der Waals surface area contributed by atoms with Gasteiger partial charge in [-0.2, -0.15) is 0 Å². The summed E-state index contributed by atoms with van der Waals surface area (Å²) < 4.78 is 5.23. The highest BCUT2D eigenvalue weighted by Gasteiger charge is 2.33. The standard InChI is InChI=1S/C13H18N4O3/c1-13(12(18)19,15-7-8-16-17-14)9-10-5-3-4-6-11(10)20-2/h3-6,15H,7-9H2,1-2H3,(H,18,19). The Labute approximate surface area is 117 Å². The van der Waals surface area contributed by atoms with E-state index in [2.05, 4.69) is 15.3 Å². The quantitative estimate of drug-likeness (QED) is 0.328. The molecule has 1 rings (SSSR count). The van der Waals surface area contributed by atoms with E-state index >= 15 is 0 Å². The van der Waals surface area contributed by atoms with Gasteiger partial charge in [0.1, 0.15) is 11.3 Å². The van der Waals surface area contributed by atoms with E-state index in [4.69, 9.17) is 10.3 Å². The molecule has 0 heterocycles. The molecule has 20 heavy (non-hydrogen) atoms. The number of rotatable bonds is 8. The van der Waals surface area contributed by atoms with Crippen molar-refractivity contribution < 1.29 is 14.6 Å². The number of para-hydroxylation sites is 1. The maximum Gasteiger partial charge on any atom is 0.323 e. The molecule has 108 valence electrons. The Morgan fingerprint density at radius 2 is 2.25 bits per heavy atom. The molecule has 1 aromatic carbocycles. The van der Waals surface area contributed by atoms with Crippen LogP contribution in [0.15, 0.2) is 29.4 Å². The highest BCUT2D eigenvalue weighted by atomic mass is 16.5. The Morgan fingerprint density at radius 1 is 1.55 bits per heavy atom. The first kappa shape index (κ1) is 15.8. The molecule has 1 aromatic rings. The van der Waals surface area contributed by atoms with Gasteiger partial charge in [0.2, 0.25) is 0 Å². The summed E-state index contributed by atoms with van der Waals surface area (Å²) in [6.45, 7) is 2.09. The van der Waals surface area contributed by atoms with Crippen LogP contribution < -0.4 is 10.1 Å². The van der Waals surface area contributed by atoms with Gasteiger partial charge < -0.3 is 15.2 Å². The number of nitrogens with zero attached hydrogens (tertiary/aromatic N) is 3. The Kier molecular flexibility index (Phi) is 5.83. The van der Waals surface area contributed by atoms with Gasteiger partial charge in [-0.3, -0.25) is 4.79 Å². The second-order valence-corrected chi connectivity index (χ2v) is 4.51. The molecule has 7 heteroatoms. The molecule has 0 aliphatic rings. The van der Waals surface area contributed by atoms with Crippen LogP contribution in [0.5, 0.6) is 5.75 Å². The summed E-state index contributed by atoms with van der Waals surface area (Å²) in [5, 5.41) is 15.7. The molecule has 0 radical (unpaired) electrons. The van der Waals surface area contributed by atoms with Crippen LogP contribution in [0.3, 0.4) is 0 Å². The monoisotopic (exact) mass is 278 g/mol. The van der Waals surface area contributed by atoms with Crippen LogP contribution in [-0.4, -0.2) is 36.8 Å². The predicted molar refractivity (Wildman–Crippen MR) is 74.8 cm³/mol. The van der Waals surface area contributed by atoms with Crippen molar-refractivity contribution in [3.63, 3.8) is 0 Å². The summed E-state index contributed by atoms with van der Waals surface area (Å²) in [4.78, 5) is 14.1. The van der Waals surface area contributed by atoms with Crippen molar-refractivity contribution in [1.82, 2.24) is 5.32 Å². The zero-order chi connectivity index (χ0) is 15.0. The van der Waals surface area contributed by atoms with E-state index in [0.29, 0.717) is 12.3 Å². The number of hydrogen-bond donors (Lipinski definition) is 2. The predicted octanol–water partition coefficient (Wildman–Crippen LogP) is 1.98. The summed E-state index contributed by atoms with van der Waals surface area (Å²) in [5.74, 6) is -0.318. The lowest BCUT2D eigenvalue weighted by molar-refractivity contribution is -0.144. The van der Waals surface area contributed by atoms with Crippen LogP contribution in [0.25, 0.3) is 10.4 Å². The fourth-order valence-electron chi connectivity index (χ4n) is 1.87. The minimum Gasteiger partial charge on any atom is -0.496 e. The number of benzene rings is 1. The van der Waals surface area contributed by atoms with Gasteiger partial charge in [-0.05, 0) is 24.1 Å². The van der Waals surface area contributed by atoms with E-state index < -0.39 is 11.5 Å². The Hall–Kier alpha value is -2.24. The first-order chi connectivity index (χ1) is 9.53. The third-order valence-corrected chi connectivity index (χ3v) is 3.00. The SMILES string of the molecule is COc1ccccc1CC(C)(NCCN=[N+]=[N-])C(=O)O. The molecule has 0 spiro atoms. The van der Waals surface area contributed by atoms with E-state index in [1.54, 1.807) is 20.1 Å². The van der Waals surface area contributed by atoms with Gasteiger partial charge in [0.25, 0.3) is 0 Å². The topological polar surface area (TPSA) is 107 Å². The summed E-state index contributed by atoms with van der Waals surface area (Å²) in [6, 6.07) is 7.28. The van der Waals surface area contributed by atoms with Gasteiger partial charge >= 0.3 is 5.97 Å². The van der Waals surface area contributed by atoms with Gasteiger partial charge in [-0.1, -0.05) is 23.3 Å². The van der Waals surface area contributed by atoms with E-state index in [9.17, 15) is 9.90 Å². The van der Waals surface area contributed by atoms with Crippen LogP contribution in [0, 0.1) is 0 Å². The molecular formula is C13H18N4O3. The molecule has 0 aliphatic heterocycles. The number of methoxy groups -OCH3 is 1. The van der Waals surface area contributed by atoms with Crippen molar-refractivity contribution in [3.05, 3.63) is 40.3 Å². The first-order valence-electron chi connectivity index (χ1n) is 6.14. The van der Waals surface area contributed by atoms with Crippen LogP contribution >= 0.6 is 0 Å². The number of carbonyl (C=O) groups is 1. The molecule has 0 fully saturated rings. The maximum absolute atomic E-state index is 11.5. The van der Waals surface area contributed by atoms with Crippen molar-refractivity contribution >= 4 is 5.97 Å². The van der Waals surface area contributed by atoms with E-state index in [-0.39, 0.29) is 13.0 Å². The van der Waals surface area contributed by atoms with Gasteiger partial charge in [-0.15, -0.1) is 0 Å². The second-order valence-electron chi connectivity index (χ2n) is 4.51. The first-order valence-corrected chi connectivity index (χ1v) is 6.14. The van der Waals surface area contributed by atoms with Crippen molar-refractivity contribution in [1.29, 1.82) is 0 Å². The number of nitrogens with one attached hydrogen (secondary N) is 1. The minimum atomic E-state index is -1.15. The van der Waals surface area contributed by atoms with Crippen LogP contribution in [0.2, 0.25) is 0 Å². The van der Waals surface area contributed by atoms with E-state index in [1.807, 2.05) is 18.2 Å². The Morgan fingerprint density at radius 3 is 2.85 bits per heavy atom. The Bertz CT molecular complexity index is 514. The second kappa shape index (κ2) is 7.37. The average Bonchev–Trinajstić information content (AvgIpc) is 2.44. The molecule has 0 aromatic heterocycles. The molecule has 0 amide bonds. The lowest BCUT2D eigenvalue weighted by Gasteiger charge is -2.27. The van der Waals surface area contributed by atoms with E-state index in [1.165, 1.54) is 0 Å².